The lowest BCUT2D eigenvalue weighted by Gasteiger charge is -2.26. The van der Waals surface area contributed by atoms with Gasteiger partial charge in [-0.05, 0) is 23.8 Å². The number of carbonyl (C=O) groups is 1. The molecule has 0 bridgehead atoms. The fourth-order valence-corrected chi connectivity index (χ4v) is 3.64. The van der Waals surface area contributed by atoms with Crippen LogP contribution in [0.15, 0.2) is 17.5 Å². The third-order valence-electron chi connectivity index (χ3n) is 3.98. The zero-order valence-corrected chi connectivity index (χ0v) is 12.5. The first kappa shape index (κ1) is 14.5. The van der Waals surface area contributed by atoms with Crippen molar-refractivity contribution in [1.29, 1.82) is 0 Å². The molecule has 2 N–H and O–H groups in total. The van der Waals surface area contributed by atoms with Crippen LogP contribution >= 0.6 is 11.3 Å². The van der Waals surface area contributed by atoms with Crippen LogP contribution in [-0.2, 0) is 11.3 Å². The quantitative estimate of drug-likeness (QED) is 0.901. The second-order valence-electron chi connectivity index (χ2n) is 5.62. The zero-order valence-electron chi connectivity index (χ0n) is 11.7. The first-order chi connectivity index (χ1) is 9.16. The van der Waals surface area contributed by atoms with E-state index in [1.807, 2.05) is 18.5 Å². The average Bonchev–Trinajstić information content (AvgIpc) is 2.91. The molecule has 19 heavy (non-hydrogen) atoms. The molecule has 0 spiro atoms. The molecule has 0 radical (unpaired) electrons. The monoisotopic (exact) mass is 280 g/mol. The highest BCUT2D eigenvalue weighted by molar-refractivity contribution is 7.09. The minimum absolute atomic E-state index is 0.0824. The van der Waals surface area contributed by atoms with E-state index < -0.39 is 0 Å². The molecule has 1 aliphatic rings. The molecule has 1 amide bonds. The number of amides is 1. The summed E-state index contributed by atoms with van der Waals surface area (Å²) in [4.78, 5) is 15.2. The van der Waals surface area contributed by atoms with Gasteiger partial charge in [0.15, 0.2) is 0 Å². The molecular formula is C15H24N2OS. The molecule has 1 aliphatic carbocycles. The van der Waals surface area contributed by atoms with E-state index in [1.165, 1.54) is 37.0 Å². The second-order valence-corrected chi connectivity index (χ2v) is 6.65. The summed E-state index contributed by atoms with van der Waals surface area (Å²) >= 11 is 1.68. The first-order valence-corrected chi connectivity index (χ1v) is 8.07. The van der Waals surface area contributed by atoms with E-state index in [9.17, 15) is 4.79 Å². The highest BCUT2D eigenvalue weighted by atomic mass is 32.1. The van der Waals surface area contributed by atoms with Crippen molar-refractivity contribution in [3.05, 3.63) is 22.4 Å². The maximum atomic E-state index is 12.2. The summed E-state index contributed by atoms with van der Waals surface area (Å²) in [6.07, 6.45) is 7.30. The summed E-state index contributed by atoms with van der Waals surface area (Å²) < 4.78 is 0. The molecule has 1 heterocycles. The normalized spacial score (nSPS) is 18.2. The number of carbonyl (C=O) groups excluding carboxylic acids is 1. The van der Waals surface area contributed by atoms with Crippen molar-refractivity contribution in [1.82, 2.24) is 4.90 Å². The topological polar surface area (TPSA) is 46.3 Å². The van der Waals surface area contributed by atoms with Crippen molar-refractivity contribution in [2.24, 2.45) is 11.7 Å². The number of hydrogen-bond donors (Lipinski definition) is 1. The van der Waals surface area contributed by atoms with E-state index in [4.69, 9.17) is 5.73 Å². The Kier molecular flexibility index (Phi) is 5.40. The number of likely N-dealkylation sites (N-methyl/N-ethyl adjacent to an activating group) is 1. The number of nitrogens with two attached hydrogens (primary N) is 1. The minimum atomic E-state index is -0.326. The molecule has 1 fully saturated rings. The van der Waals surface area contributed by atoms with E-state index in [2.05, 4.69) is 6.07 Å². The predicted molar refractivity (Wildman–Crippen MR) is 80.0 cm³/mol. The molecule has 1 aromatic heterocycles. The Bertz CT molecular complexity index is 385. The molecule has 0 aliphatic heterocycles. The Balaban J connectivity index is 1.80. The van der Waals surface area contributed by atoms with E-state index in [0.717, 1.165) is 6.42 Å². The number of rotatable bonds is 5. The SMILES string of the molecule is CN(Cc1cccs1)C(=O)C(N)CC1CCCCC1. The third kappa shape index (κ3) is 4.32. The largest absolute Gasteiger partial charge is 0.339 e. The van der Waals surface area contributed by atoms with Crippen molar-refractivity contribution in [2.75, 3.05) is 7.05 Å². The van der Waals surface area contributed by atoms with Crippen LogP contribution in [0, 0.1) is 5.92 Å². The lowest BCUT2D eigenvalue weighted by Crippen LogP contribution is -2.42. The molecule has 2 rings (SSSR count). The molecule has 1 saturated carbocycles. The van der Waals surface area contributed by atoms with Gasteiger partial charge >= 0.3 is 0 Å². The van der Waals surface area contributed by atoms with Crippen LogP contribution in [0.5, 0.6) is 0 Å². The van der Waals surface area contributed by atoms with Gasteiger partial charge in [0.25, 0.3) is 0 Å². The molecule has 1 unspecified atom stereocenters. The van der Waals surface area contributed by atoms with Gasteiger partial charge in [-0.3, -0.25) is 4.79 Å². The van der Waals surface area contributed by atoms with Gasteiger partial charge in [-0.25, -0.2) is 0 Å². The van der Waals surface area contributed by atoms with Crippen molar-refractivity contribution >= 4 is 17.2 Å². The lowest BCUT2D eigenvalue weighted by atomic mass is 9.85. The molecule has 1 aromatic rings. The van der Waals surface area contributed by atoms with Crippen molar-refractivity contribution in [3.63, 3.8) is 0 Å². The minimum Gasteiger partial charge on any atom is -0.339 e. The Morgan fingerprint density at radius 2 is 2.21 bits per heavy atom. The fourth-order valence-electron chi connectivity index (χ4n) is 2.88. The lowest BCUT2D eigenvalue weighted by molar-refractivity contribution is -0.132. The van der Waals surface area contributed by atoms with Crippen LogP contribution in [0.3, 0.4) is 0 Å². The maximum absolute atomic E-state index is 12.2. The van der Waals surface area contributed by atoms with Gasteiger partial charge in [-0.15, -0.1) is 11.3 Å². The fraction of sp³-hybridized carbons (Fsp3) is 0.667. The van der Waals surface area contributed by atoms with Gasteiger partial charge in [-0.1, -0.05) is 38.2 Å². The Morgan fingerprint density at radius 1 is 1.47 bits per heavy atom. The summed E-state index contributed by atoms with van der Waals surface area (Å²) in [5.41, 5.74) is 6.09. The third-order valence-corrected chi connectivity index (χ3v) is 4.84. The highest BCUT2D eigenvalue weighted by Crippen LogP contribution is 2.27. The Labute approximate surface area is 119 Å². The van der Waals surface area contributed by atoms with Crippen molar-refractivity contribution in [2.45, 2.75) is 51.1 Å². The number of hydrogen-bond acceptors (Lipinski definition) is 3. The van der Waals surface area contributed by atoms with Crippen LogP contribution in [-0.4, -0.2) is 23.9 Å². The maximum Gasteiger partial charge on any atom is 0.239 e. The van der Waals surface area contributed by atoms with Gasteiger partial charge in [-0.2, -0.15) is 0 Å². The average molecular weight is 280 g/mol. The Morgan fingerprint density at radius 3 is 2.84 bits per heavy atom. The van der Waals surface area contributed by atoms with Crippen molar-refractivity contribution in [3.8, 4) is 0 Å². The standard InChI is InChI=1S/C15H24N2OS/c1-17(11-13-8-5-9-19-13)15(18)14(16)10-12-6-3-2-4-7-12/h5,8-9,12,14H,2-4,6-7,10-11,16H2,1H3. The van der Waals surface area contributed by atoms with Gasteiger partial charge < -0.3 is 10.6 Å². The molecule has 3 nitrogen and oxygen atoms in total. The molecule has 0 saturated heterocycles. The summed E-state index contributed by atoms with van der Waals surface area (Å²) in [5.74, 6) is 0.738. The highest BCUT2D eigenvalue weighted by Gasteiger charge is 2.23. The van der Waals surface area contributed by atoms with Gasteiger partial charge in [0.1, 0.15) is 0 Å². The first-order valence-electron chi connectivity index (χ1n) is 7.19. The van der Waals surface area contributed by atoms with E-state index >= 15 is 0 Å². The predicted octanol–water partition coefficient (Wildman–Crippen LogP) is 3.00. The molecule has 4 heteroatoms. The van der Waals surface area contributed by atoms with Crippen LogP contribution in [0.2, 0.25) is 0 Å². The van der Waals surface area contributed by atoms with Crippen LogP contribution in [0.4, 0.5) is 0 Å². The van der Waals surface area contributed by atoms with E-state index in [-0.39, 0.29) is 11.9 Å². The summed E-state index contributed by atoms with van der Waals surface area (Å²) in [6, 6.07) is 3.74. The molecule has 106 valence electrons. The van der Waals surface area contributed by atoms with Gasteiger partial charge in [0.2, 0.25) is 5.91 Å². The van der Waals surface area contributed by atoms with E-state index in [0.29, 0.717) is 12.5 Å². The number of nitrogens with zero attached hydrogens (tertiary/aromatic N) is 1. The van der Waals surface area contributed by atoms with Crippen LogP contribution in [0.25, 0.3) is 0 Å². The van der Waals surface area contributed by atoms with Crippen molar-refractivity contribution < 1.29 is 4.79 Å². The summed E-state index contributed by atoms with van der Waals surface area (Å²) in [7, 11) is 1.85. The Hall–Kier alpha value is -0.870. The molecule has 0 aromatic carbocycles. The van der Waals surface area contributed by atoms with E-state index in [1.54, 1.807) is 16.2 Å². The van der Waals surface area contributed by atoms with Crippen LogP contribution < -0.4 is 5.73 Å². The van der Waals surface area contributed by atoms with Gasteiger partial charge in [0, 0.05) is 11.9 Å². The molecular weight excluding hydrogens is 256 g/mol. The number of thiophene rings is 1. The van der Waals surface area contributed by atoms with Crippen LogP contribution in [0.1, 0.15) is 43.4 Å². The molecule has 1 atom stereocenters. The summed E-state index contributed by atoms with van der Waals surface area (Å²) in [6.45, 7) is 0.675. The van der Waals surface area contributed by atoms with Gasteiger partial charge in [0.05, 0.1) is 12.6 Å². The zero-order chi connectivity index (χ0) is 13.7. The second kappa shape index (κ2) is 7.06. The summed E-state index contributed by atoms with van der Waals surface area (Å²) in [5, 5.41) is 2.04. The smallest absolute Gasteiger partial charge is 0.239 e.